The summed E-state index contributed by atoms with van der Waals surface area (Å²) in [5.41, 5.74) is 6.94. The van der Waals surface area contributed by atoms with Gasteiger partial charge in [-0.1, -0.05) is 54.8 Å². The third-order valence-corrected chi connectivity index (χ3v) is 11.6. The molecule has 2 aliphatic heterocycles. The smallest absolute Gasteiger partial charge is 0.137 e. The van der Waals surface area contributed by atoms with E-state index in [-0.39, 0.29) is 10.3 Å². The fraction of sp³-hybridized carbons (Fsp3) is 0.600. The van der Waals surface area contributed by atoms with Crippen LogP contribution < -0.4 is 9.38 Å². The zero-order valence-corrected chi connectivity index (χ0v) is 40.6. The molecule has 0 spiro atoms. The lowest BCUT2D eigenvalue weighted by atomic mass is 9.79. The number of hydrogen-bond donors (Lipinski definition) is 3. The molecule has 326 valence electrons. The Bertz CT molecular complexity index is 1600. The average Bonchev–Trinajstić information content (AvgIpc) is 3.42. The number of fused-ring (bicyclic) bond motifs is 2. The molecule has 2 heterocycles. The molecule has 2 unspecified atom stereocenters. The van der Waals surface area contributed by atoms with Crippen LogP contribution in [-0.4, -0.2) is 133 Å². The first-order valence-electron chi connectivity index (χ1n) is 19.8. The van der Waals surface area contributed by atoms with Crippen molar-refractivity contribution in [2.75, 3.05) is 108 Å². The number of aryl methyl sites for hydroxylation is 1. The molecule has 0 amide bonds. The van der Waals surface area contributed by atoms with Gasteiger partial charge >= 0.3 is 0 Å². The number of rotatable bonds is 14. The van der Waals surface area contributed by atoms with Gasteiger partial charge in [-0.3, -0.25) is 4.48 Å². The van der Waals surface area contributed by atoms with Crippen LogP contribution in [0, 0.1) is 6.92 Å². The Balaban J connectivity index is 0.00000109. The van der Waals surface area contributed by atoms with Gasteiger partial charge in [-0.25, -0.2) is 0 Å². The van der Waals surface area contributed by atoms with Gasteiger partial charge in [0.15, 0.2) is 0 Å². The van der Waals surface area contributed by atoms with Gasteiger partial charge in [0.05, 0.1) is 37.1 Å². The zero-order chi connectivity index (χ0) is 43.8. The van der Waals surface area contributed by atoms with Gasteiger partial charge in [0.2, 0.25) is 0 Å². The van der Waals surface area contributed by atoms with Gasteiger partial charge in [0, 0.05) is 61.8 Å². The van der Waals surface area contributed by atoms with E-state index in [4.69, 9.17) is 0 Å². The number of quaternary nitrogens is 1. The molecule has 4 rings (SSSR count). The molecule has 0 aromatic heterocycles. The Labute approximate surface area is 357 Å². The molecule has 2 atom stereocenters. The van der Waals surface area contributed by atoms with E-state index in [0.717, 1.165) is 52.0 Å². The van der Waals surface area contributed by atoms with Crippen molar-refractivity contribution in [3.05, 3.63) is 87.6 Å². The Hall–Kier alpha value is -2.07. The van der Waals surface area contributed by atoms with Crippen molar-refractivity contribution in [2.24, 2.45) is 0 Å². The molecule has 57 heavy (non-hydrogen) atoms. The lowest BCUT2D eigenvalue weighted by molar-refractivity contribution is 0.103. The van der Waals surface area contributed by atoms with E-state index in [1.54, 1.807) is 40.6 Å². The molecular formula is C45H78BrN4O6S+. The summed E-state index contributed by atoms with van der Waals surface area (Å²) >= 11 is 3.87. The van der Waals surface area contributed by atoms with Gasteiger partial charge in [-0.15, -0.1) is 0 Å². The predicted molar refractivity (Wildman–Crippen MR) is 250 cm³/mol. The highest BCUT2D eigenvalue weighted by atomic mass is 79.9. The van der Waals surface area contributed by atoms with Crippen LogP contribution in [0.5, 0.6) is 0 Å². The molecule has 2 aromatic carbocycles. The lowest BCUT2D eigenvalue weighted by Crippen LogP contribution is -2.55. The summed E-state index contributed by atoms with van der Waals surface area (Å²) in [5, 5.41) is 0. The minimum atomic E-state index is -3.80. The molecule has 0 saturated heterocycles. The Morgan fingerprint density at radius 2 is 1.49 bits per heavy atom. The maximum atomic E-state index is 9.98. The standard InChI is InChI=1S/C36H52BrN3O3S.C4H10O2.C3H9N.C2H6O/c1-10-11-23-40(9)32-18-13-26(2)24-30(32)36(5,6)34(40)20-15-27(37)14-19-33-35(3,4)29-25-28(44(41,42)43)16-17-31(29)39(33)22-12-21-38(7)8;1-5-3-4-6-2;1-4(2)3;1-3-2/h13-20,24-25,34H,10-12,21-23H2,1-9H3,(H2-,41,42,43);3-4H2,1-2H3;1-3H3;1-2H3/p+1/b20-15+,27-14-,33-19+;;;. The molecule has 0 radical (unpaired) electrons. The van der Waals surface area contributed by atoms with Crippen molar-refractivity contribution < 1.29 is 27.9 Å². The van der Waals surface area contributed by atoms with Crippen molar-refractivity contribution in [1.82, 2.24) is 14.3 Å². The average molecular weight is 883 g/mol. The van der Waals surface area contributed by atoms with Gasteiger partial charge in [0.1, 0.15) is 22.6 Å². The first-order valence-corrected chi connectivity index (χ1v) is 22.1. The molecule has 0 fully saturated rings. The largest absolute Gasteiger partial charge is 0.388 e. The fourth-order valence-corrected chi connectivity index (χ4v) is 8.30. The summed E-state index contributed by atoms with van der Waals surface area (Å²) < 4.78 is 45.4. The Kier molecular flexibility index (Phi) is 22.5. The summed E-state index contributed by atoms with van der Waals surface area (Å²) in [5.74, 6) is 0. The number of unbranched alkanes of at least 4 members (excludes halogenated alkanes) is 1. The summed E-state index contributed by atoms with van der Waals surface area (Å²) in [6, 6.07) is 12.6. The number of anilines is 1. The van der Waals surface area contributed by atoms with Crippen molar-refractivity contribution in [3.63, 3.8) is 0 Å². The zero-order valence-electron chi connectivity index (χ0n) is 38.1. The van der Waals surface area contributed by atoms with Crippen LogP contribution in [0.3, 0.4) is 0 Å². The van der Waals surface area contributed by atoms with E-state index in [1.165, 1.54) is 29.7 Å². The normalized spacial score (nSPS) is 20.5. The van der Waals surface area contributed by atoms with Crippen molar-refractivity contribution >= 4 is 38.2 Å². The van der Waals surface area contributed by atoms with E-state index in [9.17, 15) is 13.7 Å². The lowest BCUT2D eigenvalue weighted by Gasteiger charge is -2.39. The SMILES string of the molecule is CCCC[N+]1(C)c2ccc(C)cc2C(C)(C)C1/C=C/C(Br)=C/C=C1/N(CCCN(C)C)c2ccc(S(O)(O)O)cc2C1(C)C.CN(C)C.COC.COCCOC. The van der Waals surface area contributed by atoms with Crippen LogP contribution in [0.1, 0.15) is 70.6 Å². The molecule has 2 aliphatic rings. The monoisotopic (exact) mass is 881 g/mol. The van der Waals surface area contributed by atoms with Crippen LogP contribution >= 0.6 is 26.8 Å². The Morgan fingerprint density at radius 3 is 2.00 bits per heavy atom. The summed E-state index contributed by atoms with van der Waals surface area (Å²) in [6.07, 6.45) is 12.3. The van der Waals surface area contributed by atoms with Crippen LogP contribution in [0.2, 0.25) is 0 Å². The second-order valence-electron chi connectivity index (χ2n) is 16.9. The van der Waals surface area contributed by atoms with E-state index in [0.29, 0.717) is 19.3 Å². The Morgan fingerprint density at radius 1 is 0.912 bits per heavy atom. The minimum Gasteiger partial charge on any atom is -0.388 e. The highest BCUT2D eigenvalue weighted by Gasteiger charge is 2.53. The van der Waals surface area contributed by atoms with Gasteiger partial charge in [-0.2, -0.15) is 0 Å². The summed E-state index contributed by atoms with van der Waals surface area (Å²) in [4.78, 5) is 6.68. The quantitative estimate of drug-likeness (QED) is 0.0974. The highest BCUT2D eigenvalue weighted by Crippen LogP contribution is 2.53. The van der Waals surface area contributed by atoms with E-state index >= 15 is 0 Å². The second-order valence-corrected chi connectivity index (χ2v) is 19.3. The van der Waals surface area contributed by atoms with E-state index in [1.807, 2.05) is 32.1 Å². The minimum absolute atomic E-state index is 0.00848. The second kappa shape index (κ2) is 24.3. The number of hydrogen-bond acceptors (Lipinski definition) is 9. The summed E-state index contributed by atoms with van der Waals surface area (Å²) in [7, 11) is 15.3. The predicted octanol–water partition coefficient (Wildman–Crippen LogP) is 10.2. The third kappa shape index (κ3) is 15.2. The highest BCUT2D eigenvalue weighted by molar-refractivity contribution is 9.11. The maximum Gasteiger partial charge on any atom is 0.137 e. The topological polar surface area (TPSA) is 98.1 Å². The summed E-state index contributed by atoms with van der Waals surface area (Å²) in [6.45, 7) is 17.8. The molecule has 3 N–H and O–H groups in total. The number of halogens is 1. The maximum absolute atomic E-state index is 9.98. The van der Waals surface area contributed by atoms with Crippen molar-refractivity contribution in [2.45, 2.75) is 82.6 Å². The first kappa shape index (κ1) is 52.9. The van der Waals surface area contributed by atoms with Crippen LogP contribution in [0.25, 0.3) is 0 Å². The molecular weight excluding hydrogens is 804 g/mol. The van der Waals surface area contributed by atoms with E-state index in [2.05, 4.69) is 145 Å². The first-order chi connectivity index (χ1) is 26.5. The number of allylic oxidation sites excluding steroid dienone is 5. The number of methoxy groups -OCH3 is 3. The van der Waals surface area contributed by atoms with Gasteiger partial charge in [0.25, 0.3) is 0 Å². The number of likely N-dealkylation sites (N-methyl/N-ethyl adjacent to an activating group) is 1. The van der Waals surface area contributed by atoms with Crippen LogP contribution in [0.4, 0.5) is 11.4 Å². The van der Waals surface area contributed by atoms with Gasteiger partial charge in [-0.05, 0) is 136 Å². The molecule has 0 saturated carbocycles. The van der Waals surface area contributed by atoms with Crippen molar-refractivity contribution in [3.8, 4) is 0 Å². The number of benzene rings is 2. The van der Waals surface area contributed by atoms with Crippen molar-refractivity contribution in [1.29, 1.82) is 0 Å². The molecule has 2 aromatic rings. The fourth-order valence-electron chi connectivity index (χ4n) is 7.48. The molecule has 12 heteroatoms. The molecule has 0 bridgehead atoms. The molecule has 10 nitrogen and oxygen atoms in total. The van der Waals surface area contributed by atoms with Crippen LogP contribution in [-0.2, 0) is 25.0 Å². The third-order valence-electron chi connectivity index (χ3n) is 10.2. The number of nitrogens with zero attached hydrogens (tertiary/aromatic N) is 4. The van der Waals surface area contributed by atoms with Crippen LogP contribution in [0.15, 0.2) is 75.8 Å². The molecule has 0 aliphatic carbocycles. The number of ether oxygens (including phenoxy) is 3. The van der Waals surface area contributed by atoms with Gasteiger partial charge < -0.3 is 42.6 Å². The van der Waals surface area contributed by atoms with E-state index < -0.39 is 16.3 Å².